The van der Waals surface area contributed by atoms with Crippen molar-refractivity contribution in [2.45, 2.75) is 37.8 Å². The smallest absolute Gasteiger partial charge is 0.317 e. The van der Waals surface area contributed by atoms with Crippen LogP contribution >= 0.6 is 11.8 Å². The van der Waals surface area contributed by atoms with Crippen LogP contribution in [0.5, 0.6) is 0 Å². The van der Waals surface area contributed by atoms with Crippen LogP contribution in [0.3, 0.4) is 0 Å². The Morgan fingerprint density at radius 1 is 1.38 bits per heavy atom. The first-order valence-electron chi connectivity index (χ1n) is 8.25. The number of aryl methyl sites for hydroxylation is 2. The summed E-state index contributed by atoms with van der Waals surface area (Å²) in [6.07, 6.45) is 3.01. The zero-order chi connectivity index (χ0) is 17.1. The van der Waals surface area contributed by atoms with E-state index < -0.39 is 0 Å². The van der Waals surface area contributed by atoms with Gasteiger partial charge in [0.2, 0.25) is 0 Å². The lowest BCUT2D eigenvalue weighted by Crippen LogP contribution is -2.38. The number of benzene rings is 1. The molecule has 2 heterocycles. The average Bonchev–Trinajstić information content (AvgIpc) is 3.19. The number of nitrogens with zero attached hydrogens (tertiary/aromatic N) is 3. The number of hydrogen-bond donors (Lipinski definition) is 1. The molecule has 1 fully saturated rings. The molecule has 2 aromatic rings. The van der Waals surface area contributed by atoms with Crippen molar-refractivity contribution in [1.82, 2.24) is 20.0 Å². The Balaban J connectivity index is 1.55. The van der Waals surface area contributed by atoms with Gasteiger partial charge in [-0.3, -0.25) is 4.68 Å². The van der Waals surface area contributed by atoms with Crippen molar-refractivity contribution >= 4 is 17.8 Å². The second kappa shape index (κ2) is 7.30. The molecule has 1 saturated heterocycles. The first-order chi connectivity index (χ1) is 11.6. The molecular weight excluding hydrogens is 320 g/mol. The molecule has 1 unspecified atom stereocenters. The number of likely N-dealkylation sites (tertiary alicyclic amines) is 1. The van der Waals surface area contributed by atoms with Gasteiger partial charge in [0.25, 0.3) is 0 Å². The fourth-order valence-corrected chi connectivity index (χ4v) is 3.70. The van der Waals surface area contributed by atoms with Crippen LogP contribution in [0.15, 0.2) is 35.2 Å². The first kappa shape index (κ1) is 16.9. The second-order valence-corrected chi connectivity index (χ2v) is 7.15. The highest BCUT2D eigenvalue weighted by Crippen LogP contribution is 2.23. The van der Waals surface area contributed by atoms with Gasteiger partial charge in [0.1, 0.15) is 0 Å². The van der Waals surface area contributed by atoms with Crippen molar-refractivity contribution in [3.63, 3.8) is 0 Å². The Hall–Kier alpha value is -1.95. The molecule has 1 aliphatic heterocycles. The zero-order valence-electron chi connectivity index (χ0n) is 14.5. The minimum Gasteiger partial charge on any atom is -0.334 e. The number of carbonyl (C=O) groups is 1. The maximum atomic E-state index is 12.4. The molecule has 0 bridgehead atoms. The summed E-state index contributed by atoms with van der Waals surface area (Å²) in [6.45, 7) is 6.14. The van der Waals surface area contributed by atoms with Crippen molar-refractivity contribution in [3.8, 4) is 0 Å². The third kappa shape index (κ3) is 3.75. The van der Waals surface area contributed by atoms with Gasteiger partial charge in [0, 0.05) is 30.2 Å². The standard InChI is InChI=1S/C18H24N4OS/c1-13-9-14(2)22(20-13)16-7-8-21(12-16)18(23)19-11-15-5-4-6-17(10-15)24-3/h4-6,9-10,16H,7-8,11-12H2,1-3H3,(H,19,23). The molecule has 6 heteroatoms. The normalized spacial score (nSPS) is 17.3. The molecule has 128 valence electrons. The Bertz CT molecular complexity index is 728. The molecule has 0 spiro atoms. The van der Waals surface area contributed by atoms with E-state index in [2.05, 4.69) is 46.5 Å². The van der Waals surface area contributed by atoms with Crippen LogP contribution in [-0.4, -0.2) is 40.1 Å². The van der Waals surface area contributed by atoms with Crippen LogP contribution in [0.2, 0.25) is 0 Å². The van der Waals surface area contributed by atoms with Crippen LogP contribution < -0.4 is 5.32 Å². The number of rotatable bonds is 4. The quantitative estimate of drug-likeness (QED) is 0.865. The number of aromatic nitrogens is 2. The Kier molecular flexibility index (Phi) is 5.14. The molecule has 1 atom stereocenters. The van der Waals surface area contributed by atoms with Gasteiger partial charge in [-0.1, -0.05) is 12.1 Å². The van der Waals surface area contributed by atoms with Crippen LogP contribution in [0.25, 0.3) is 0 Å². The monoisotopic (exact) mass is 344 g/mol. The van der Waals surface area contributed by atoms with Crippen LogP contribution in [0.4, 0.5) is 4.79 Å². The van der Waals surface area contributed by atoms with Gasteiger partial charge in [-0.05, 0) is 50.3 Å². The third-order valence-electron chi connectivity index (χ3n) is 4.42. The molecule has 1 aliphatic rings. The van der Waals surface area contributed by atoms with Gasteiger partial charge in [-0.2, -0.15) is 5.10 Å². The van der Waals surface area contributed by atoms with E-state index in [-0.39, 0.29) is 12.1 Å². The Morgan fingerprint density at radius 3 is 2.92 bits per heavy atom. The molecule has 3 rings (SSSR count). The molecule has 1 aromatic heterocycles. The molecule has 2 amide bonds. The highest BCUT2D eigenvalue weighted by atomic mass is 32.2. The van der Waals surface area contributed by atoms with Gasteiger partial charge < -0.3 is 10.2 Å². The lowest BCUT2D eigenvalue weighted by atomic mass is 10.2. The van der Waals surface area contributed by atoms with E-state index >= 15 is 0 Å². The summed E-state index contributed by atoms with van der Waals surface area (Å²) in [5.41, 5.74) is 3.32. The molecule has 0 saturated carbocycles. The van der Waals surface area contributed by atoms with Crippen LogP contribution in [0, 0.1) is 13.8 Å². The summed E-state index contributed by atoms with van der Waals surface area (Å²) in [4.78, 5) is 15.5. The molecule has 24 heavy (non-hydrogen) atoms. The lowest BCUT2D eigenvalue weighted by Gasteiger charge is -2.18. The van der Waals surface area contributed by atoms with Gasteiger partial charge in [0.15, 0.2) is 0 Å². The topological polar surface area (TPSA) is 50.2 Å². The number of thioether (sulfide) groups is 1. The number of carbonyl (C=O) groups excluding carboxylic acids is 1. The molecule has 1 N–H and O–H groups in total. The number of amides is 2. The predicted octanol–water partition coefficient (Wildman–Crippen LogP) is 3.38. The minimum atomic E-state index is 0.00795. The fourth-order valence-electron chi connectivity index (χ4n) is 3.21. The van der Waals surface area contributed by atoms with Crippen molar-refractivity contribution in [3.05, 3.63) is 47.3 Å². The summed E-state index contributed by atoms with van der Waals surface area (Å²) >= 11 is 1.71. The molecule has 0 radical (unpaired) electrons. The van der Waals surface area contributed by atoms with Crippen molar-refractivity contribution in [2.24, 2.45) is 0 Å². The zero-order valence-corrected chi connectivity index (χ0v) is 15.3. The van der Waals surface area contributed by atoms with E-state index in [1.807, 2.05) is 24.0 Å². The Labute approximate surface area is 147 Å². The maximum absolute atomic E-state index is 12.4. The SMILES string of the molecule is CSc1cccc(CNC(=O)N2CCC(n3nc(C)cc3C)C2)c1. The van der Waals surface area contributed by atoms with E-state index in [9.17, 15) is 4.79 Å². The maximum Gasteiger partial charge on any atom is 0.317 e. The number of hydrogen-bond acceptors (Lipinski definition) is 3. The van der Waals surface area contributed by atoms with Gasteiger partial charge in [-0.25, -0.2) is 4.79 Å². The summed E-state index contributed by atoms with van der Waals surface area (Å²) in [6, 6.07) is 10.6. The summed E-state index contributed by atoms with van der Waals surface area (Å²) in [5.74, 6) is 0. The van der Waals surface area contributed by atoms with E-state index in [1.165, 1.54) is 4.90 Å². The van der Waals surface area contributed by atoms with E-state index in [0.717, 1.165) is 36.5 Å². The van der Waals surface area contributed by atoms with Gasteiger partial charge in [-0.15, -0.1) is 11.8 Å². The Morgan fingerprint density at radius 2 is 2.21 bits per heavy atom. The third-order valence-corrected chi connectivity index (χ3v) is 5.14. The highest BCUT2D eigenvalue weighted by Gasteiger charge is 2.28. The van der Waals surface area contributed by atoms with Crippen LogP contribution in [-0.2, 0) is 6.54 Å². The molecule has 0 aliphatic carbocycles. The predicted molar refractivity (Wildman–Crippen MR) is 97.4 cm³/mol. The fraction of sp³-hybridized carbons (Fsp3) is 0.444. The molecular formula is C18H24N4OS. The average molecular weight is 344 g/mol. The number of nitrogens with one attached hydrogen (secondary N) is 1. The highest BCUT2D eigenvalue weighted by molar-refractivity contribution is 7.98. The van der Waals surface area contributed by atoms with Crippen molar-refractivity contribution in [2.75, 3.05) is 19.3 Å². The van der Waals surface area contributed by atoms with Crippen LogP contribution in [0.1, 0.15) is 29.4 Å². The minimum absolute atomic E-state index is 0.00795. The van der Waals surface area contributed by atoms with Gasteiger partial charge in [0.05, 0.1) is 11.7 Å². The summed E-state index contributed by atoms with van der Waals surface area (Å²) in [5, 5.41) is 7.59. The summed E-state index contributed by atoms with van der Waals surface area (Å²) < 4.78 is 2.06. The lowest BCUT2D eigenvalue weighted by molar-refractivity contribution is 0.206. The second-order valence-electron chi connectivity index (χ2n) is 6.27. The number of urea groups is 1. The molecule has 1 aromatic carbocycles. The van der Waals surface area contributed by atoms with E-state index in [4.69, 9.17) is 0 Å². The van der Waals surface area contributed by atoms with Crippen molar-refractivity contribution < 1.29 is 4.79 Å². The first-order valence-corrected chi connectivity index (χ1v) is 9.48. The summed E-state index contributed by atoms with van der Waals surface area (Å²) in [7, 11) is 0. The van der Waals surface area contributed by atoms with E-state index in [0.29, 0.717) is 6.54 Å². The largest absolute Gasteiger partial charge is 0.334 e. The van der Waals surface area contributed by atoms with E-state index in [1.54, 1.807) is 11.8 Å². The molecule has 5 nitrogen and oxygen atoms in total. The van der Waals surface area contributed by atoms with Crippen molar-refractivity contribution in [1.29, 1.82) is 0 Å². The van der Waals surface area contributed by atoms with Gasteiger partial charge >= 0.3 is 6.03 Å².